The number of β-amino-alcohol motifs (C(OH)–C–C–N with tert-alkyl or cyclic N) is 1. The molecule has 6 nitrogen and oxygen atoms in total. The third kappa shape index (κ3) is 7.00. The molecular weight excluding hydrogens is 452 g/mol. The van der Waals surface area contributed by atoms with Crippen molar-refractivity contribution in [3.63, 3.8) is 0 Å². The van der Waals surface area contributed by atoms with Gasteiger partial charge in [0.2, 0.25) is 0 Å². The predicted octanol–water partition coefficient (Wildman–Crippen LogP) is 4.41. The standard InChI is InChI=1S/C30H38N2O4/c1-34-28-14-8-15-29(35-2)30(28)26(33)23-32-19-17-31(18-20-32)16-9-21-36-27-13-7-6-12-25(27)22-24-10-4-3-5-11-24/h3-8,10-15,26,33H,9,16-23H2,1-2H3. The maximum Gasteiger partial charge on any atom is 0.128 e. The second-order valence-corrected chi connectivity index (χ2v) is 9.21. The van der Waals surface area contributed by atoms with Crippen molar-refractivity contribution in [3.05, 3.63) is 89.5 Å². The largest absolute Gasteiger partial charge is 0.496 e. The predicted molar refractivity (Wildman–Crippen MR) is 143 cm³/mol. The average Bonchev–Trinajstić information content (AvgIpc) is 2.92. The van der Waals surface area contributed by atoms with Crippen molar-refractivity contribution in [3.8, 4) is 17.2 Å². The van der Waals surface area contributed by atoms with Crippen molar-refractivity contribution in [1.29, 1.82) is 0 Å². The summed E-state index contributed by atoms with van der Waals surface area (Å²) in [4.78, 5) is 4.79. The van der Waals surface area contributed by atoms with E-state index < -0.39 is 6.10 Å². The van der Waals surface area contributed by atoms with Gasteiger partial charge >= 0.3 is 0 Å². The fourth-order valence-electron chi connectivity index (χ4n) is 4.82. The zero-order valence-corrected chi connectivity index (χ0v) is 21.4. The molecule has 6 heteroatoms. The molecule has 1 aliphatic heterocycles. The van der Waals surface area contributed by atoms with Crippen LogP contribution >= 0.6 is 0 Å². The molecule has 1 fully saturated rings. The Balaban J connectivity index is 1.20. The lowest BCUT2D eigenvalue weighted by atomic mass is 10.0. The Bertz CT molecular complexity index is 1050. The Kier molecular flexibility index (Phi) is 9.61. The summed E-state index contributed by atoms with van der Waals surface area (Å²) in [6.45, 7) is 6.10. The lowest BCUT2D eigenvalue weighted by Gasteiger charge is -2.35. The Hall–Kier alpha value is -3.06. The van der Waals surface area contributed by atoms with E-state index in [1.807, 2.05) is 30.3 Å². The minimum absolute atomic E-state index is 0.561. The van der Waals surface area contributed by atoms with Gasteiger partial charge in [-0.05, 0) is 35.7 Å². The van der Waals surface area contributed by atoms with Crippen LogP contribution in [0.4, 0.5) is 0 Å². The van der Waals surface area contributed by atoms with Crippen LogP contribution in [0.1, 0.15) is 29.2 Å². The molecule has 3 aromatic rings. The van der Waals surface area contributed by atoms with E-state index in [0.29, 0.717) is 24.7 Å². The van der Waals surface area contributed by atoms with E-state index in [1.165, 1.54) is 11.1 Å². The highest BCUT2D eigenvalue weighted by Crippen LogP contribution is 2.34. The number of nitrogens with zero attached hydrogens (tertiary/aromatic N) is 2. The van der Waals surface area contributed by atoms with Crippen LogP contribution in [0.25, 0.3) is 0 Å². The highest BCUT2D eigenvalue weighted by Gasteiger charge is 2.24. The van der Waals surface area contributed by atoms with Gasteiger partial charge in [0.05, 0.1) is 32.5 Å². The summed E-state index contributed by atoms with van der Waals surface area (Å²) in [6.07, 6.45) is 1.21. The molecule has 4 rings (SSSR count). The minimum Gasteiger partial charge on any atom is -0.496 e. The third-order valence-corrected chi connectivity index (χ3v) is 6.78. The third-order valence-electron chi connectivity index (χ3n) is 6.78. The molecule has 1 heterocycles. The first kappa shape index (κ1) is 26.0. The van der Waals surface area contributed by atoms with E-state index in [2.05, 4.69) is 52.3 Å². The van der Waals surface area contributed by atoms with Crippen LogP contribution in [0.15, 0.2) is 72.8 Å². The molecule has 0 saturated carbocycles. The van der Waals surface area contributed by atoms with Gasteiger partial charge in [0.25, 0.3) is 0 Å². The maximum atomic E-state index is 10.9. The molecule has 0 spiro atoms. The number of para-hydroxylation sites is 1. The van der Waals surface area contributed by atoms with Crippen LogP contribution in [-0.4, -0.2) is 75.0 Å². The first-order valence-corrected chi connectivity index (χ1v) is 12.8. The van der Waals surface area contributed by atoms with Gasteiger partial charge in [0, 0.05) is 45.7 Å². The number of hydrogen-bond acceptors (Lipinski definition) is 6. The maximum absolute atomic E-state index is 10.9. The van der Waals surface area contributed by atoms with Crippen molar-refractivity contribution in [2.45, 2.75) is 18.9 Å². The van der Waals surface area contributed by atoms with E-state index in [-0.39, 0.29) is 0 Å². The van der Waals surface area contributed by atoms with Crippen molar-refractivity contribution in [2.24, 2.45) is 0 Å². The Morgan fingerprint density at radius 2 is 1.36 bits per heavy atom. The normalized spacial score (nSPS) is 15.4. The number of rotatable bonds is 12. The topological polar surface area (TPSA) is 54.4 Å². The van der Waals surface area contributed by atoms with Gasteiger partial charge in [-0.3, -0.25) is 4.90 Å². The van der Waals surface area contributed by atoms with Gasteiger partial charge in [-0.2, -0.15) is 0 Å². The zero-order valence-electron chi connectivity index (χ0n) is 21.4. The molecule has 1 N–H and O–H groups in total. The molecule has 36 heavy (non-hydrogen) atoms. The molecule has 1 aliphatic rings. The molecule has 3 aromatic carbocycles. The molecule has 192 valence electrons. The lowest BCUT2D eigenvalue weighted by molar-refractivity contribution is 0.0684. The lowest BCUT2D eigenvalue weighted by Crippen LogP contribution is -2.47. The van der Waals surface area contributed by atoms with Crippen LogP contribution in [0, 0.1) is 0 Å². The summed E-state index contributed by atoms with van der Waals surface area (Å²) in [6, 6.07) is 24.4. The first-order chi connectivity index (χ1) is 17.7. The molecule has 0 radical (unpaired) electrons. The highest BCUT2D eigenvalue weighted by molar-refractivity contribution is 5.46. The Morgan fingerprint density at radius 3 is 2.06 bits per heavy atom. The van der Waals surface area contributed by atoms with E-state index in [0.717, 1.165) is 56.9 Å². The van der Waals surface area contributed by atoms with Crippen molar-refractivity contribution < 1.29 is 19.3 Å². The Labute approximate surface area is 215 Å². The summed E-state index contributed by atoms with van der Waals surface area (Å²) in [5.41, 5.74) is 3.23. The number of hydrogen-bond donors (Lipinski definition) is 1. The van der Waals surface area contributed by atoms with Crippen LogP contribution < -0.4 is 14.2 Å². The quantitative estimate of drug-likeness (QED) is 0.380. The van der Waals surface area contributed by atoms with Crippen molar-refractivity contribution >= 4 is 0 Å². The summed E-state index contributed by atoms with van der Waals surface area (Å²) in [5.74, 6) is 2.29. The van der Waals surface area contributed by atoms with Crippen LogP contribution in [0.2, 0.25) is 0 Å². The smallest absolute Gasteiger partial charge is 0.128 e. The molecule has 1 unspecified atom stereocenters. The highest BCUT2D eigenvalue weighted by atomic mass is 16.5. The van der Waals surface area contributed by atoms with Crippen LogP contribution in [0.5, 0.6) is 17.2 Å². The first-order valence-electron chi connectivity index (χ1n) is 12.8. The molecular formula is C30H38N2O4. The van der Waals surface area contributed by atoms with Gasteiger partial charge in [-0.1, -0.05) is 54.6 Å². The minimum atomic E-state index is -0.660. The average molecular weight is 491 g/mol. The molecule has 0 amide bonds. The van der Waals surface area contributed by atoms with Gasteiger partial charge in [0.15, 0.2) is 0 Å². The molecule has 1 saturated heterocycles. The van der Waals surface area contributed by atoms with E-state index in [4.69, 9.17) is 14.2 Å². The van der Waals surface area contributed by atoms with E-state index in [9.17, 15) is 5.11 Å². The van der Waals surface area contributed by atoms with Crippen molar-refractivity contribution in [2.75, 3.05) is 60.1 Å². The van der Waals surface area contributed by atoms with Gasteiger partial charge in [-0.15, -0.1) is 0 Å². The van der Waals surface area contributed by atoms with Crippen molar-refractivity contribution in [1.82, 2.24) is 9.80 Å². The van der Waals surface area contributed by atoms with Gasteiger partial charge < -0.3 is 24.2 Å². The summed E-state index contributed by atoms with van der Waals surface area (Å²) in [7, 11) is 3.24. The van der Waals surface area contributed by atoms with Crippen LogP contribution in [-0.2, 0) is 6.42 Å². The Morgan fingerprint density at radius 1 is 0.750 bits per heavy atom. The monoisotopic (exact) mass is 490 g/mol. The molecule has 0 bridgehead atoms. The second kappa shape index (κ2) is 13.3. The number of ether oxygens (including phenoxy) is 3. The second-order valence-electron chi connectivity index (χ2n) is 9.21. The van der Waals surface area contributed by atoms with Gasteiger partial charge in [-0.25, -0.2) is 0 Å². The fourth-order valence-corrected chi connectivity index (χ4v) is 4.82. The van der Waals surface area contributed by atoms with Crippen LogP contribution in [0.3, 0.4) is 0 Å². The summed E-state index contributed by atoms with van der Waals surface area (Å²) >= 11 is 0. The number of aliphatic hydroxyl groups excluding tert-OH is 1. The number of benzene rings is 3. The SMILES string of the molecule is COc1cccc(OC)c1C(O)CN1CCN(CCCOc2ccccc2Cc2ccccc2)CC1. The van der Waals surface area contributed by atoms with Gasteiger partial charge in [0.1, 0.15) is 17.2 Å². The summed E-state index contributed by atoms with van der Waals surface area (Å²) in [5, 5.41) is 10.9. The number of piperazine rings is 1. The zero-order chi connectivity index (χ0) is 25.2. The fraction of sp³-hybridized carbons (Fsp3) is 0.400. The number of aliphatic hydroxyl groups is 1. The van der Waals surface area contributed by atoms with E-state index >= 15 is 0 Å². The van der Waals surface area contributed by atoms with E-state index in [1.54, 1.807) is 14.2 Å². The molecule has 0 aromatic heterocycles. The summed E-state index contributed by atoms with van der Waals surface area (Å²) < 4.78 is 17.1. The molecule has 0 aliphatic carbocycles. The molecule has 1 atom stereocenters. The number of methoxy groups -OCH3 is 2.